The maximum Gasteiger partial charge on any atom is 0.172 e. The lowest BCUT2D eigenvalue weighted by Gasteiger charge is -2.36. The van der Waals surface area contributed by atoms with Crippen molar-refractivity contribution in [1.82, 2.24) is 19.9 Å². The molecule has 0 atom stereocenters. The molecule has 0 unspecified atom stereocenters. The number of rotatable bonds is 6. The molecule has 0 saturated carbocycles. The lowest BCUT2D eigenvalue weighted by atomic mass is 10.1. The number of aliphatic hydroxyl groups is 1. The van der Waals surface area contributed by atoms with E-state index in [-0.39, 0.29) is 18.5 Å². The Morgan fingerprint density at radius 1 is 1.10 bits per heavy atom. The summed E-state index contributed by atoms with van der Waals surface area (Å²) in [6.07, 6.45) is 1.77. The van der Waals surface area contributed by atoms with Crippen molar-refractivity contribution in [3.8, 4) is 0 Å². The second-order valence-corrected chi connectivity index (χ2v) is 8.36. The van der Waals surface area contributed by atoms with Crippen LogP contribution in [0.1, 0.15) is 30.7 Å². The molecule has 0 radical (unpaired) electrons. The van der Waals surface area contributed by atoms with E-state index >= 15 is 0 Å². The van der Waals surface area contributed by atoms with Crippen molar-refractivity contribution in [2.75, 3.05) is 36.4 Å². The Labute approximate surface area is 182 Å². The van der Waals surface area contributed by atoms with Crippen molar-refractivity contribution >= 4 is 22.7 Å². The van der Waals surface area contributed by atoms with Crippen LogP contribution in [0.3, 0.4) is 0 Å². The number of aryl methyl sites for hydroxylation is 1. The summed E-state index contributed by atoms with van der Waals surface area (Å²) >= 11 is 0. The Bertz CT molecular complexity index is 1070. The largest absolute Gasteiger partial charge is 0.392 e. The molecule has 0 bridgehead atoms. The van der Waals surface area contributed by atoms with E-state index in [9.17, 15) is 4.39 Å². The van der Waals surface area contributed by atoms with Crippen LogP contribution in [0, 0.1) is 12.7 Å². The maximum absolute atomic E-state index is 14.3. The summed E-state index contributed by atoms with van der Waals surface area (Å²) in [6, 6.07) is 7.15. The van der Waals surface area contributed by atoms with Gasteiger partial charge in [-0.1, -0.05) is 12.1 Å². The fourth-order valence-electron chi connectivity index (χ4n) is 3.82. The van der Waals surface area contributed by atoms with Gasteiger partial charge in [0.25, 0.3) is 0 Å². The van der Waals surface area contributed by atoms with Gasteiger partial charge in [0.05, 0.1) is 18.3 Å². The first-order valence-corrected chi connectivity index (χ1v) is 10.7. The van der Waals surface area contributed by atoms with Gasteiger partial charge < -0.3 is 15.3 Å². The van der Waals surface area contributed by atoms with Gasteiger partial charge in [-0.25, -0.2) is 14.4 Å². The minimum atomic E-state index is -0.262. The summed E-state index contributed by atoms with van der Waals surface area (Å²) in [7, 11) is 0. The van der Waals surface area contributed by atoms with E-state index in [1.807, 2.05) is 13.0 Å². The molecule has 2 N–H and O–H groups in total. The summed E-state index contributed by atoms with van der Waals surface area (Å²) < 4.78 is 14.3. The van der Waals surface area contributed by atoms with Gasteiger partial charge in [-0.3, -0.25) is 9.88 Å². The average Bonchev–Trinajstić information content (AvgIpc) is 2.75. The van der Waals surface area contributed by atoms with Crippen LogP contribution in [0.4, 0.5) is 16.0 Å². The normalized spacial score (nSPS) is 15.1. The Morgan fingerprint density at radius 2 is 1.87 bits per heavy atom. The molecule has 31 heavy (non-hydrogen) atoms. The monoisotopic (exact) mass is 424 g/mol. The van der Waals surface area contributed by atoms with Crippen molar-refractivity contribution in [1.29, 1.82) is 0 Å². The van der Waals surface area contributed by atoms with Crippen LogP contribution >= 0.6 is 0 Å². The SMILES string of the molecule is Cc1cc2nc(N3CCN(Cc4ccc(CO)cc4F)CC3)c(NC(C)C)nc2cn1. The molecule has 1 aliphatic heterocycles. The zero-order valence-corrected chi connectivity index (χ0v) is 18.3. The Hall–Kier alpha value is -2.84. The number of anilines is 2. The first-order valence-electron chi connectivity index (χ1n) is 10.7. The standard InChI is InChI=1S/C23H29FN6O/c1-15(2)26-22-23(28-20-10-16(3)25-12-21(20)27-22)30-8-6-29(7-9-30)13-18-5-4-17(14-31)11-19(18)24/h4-5,10-12,15,31H,6-9,13-14H2,1-3H3,(H,26,27). The van der Waals surface area contributed by atoms with E-state index in [2.05, 4.69) is 33.9 Å². The molecule has 0 aliphatic carbocycles. The van der Waals surface area contributed by atoms with Crippen molar-refractivity contribution in [3.05, 3.63) is 53.1 Å². The molecule has 1 aromatic carbocycles. The van der Waals surface area contributed by atoms with Crippen LogP contribution in [0.2, 0.25) is 0 Å². The zero-order valence-electron chi connectivity index (χ0n) is 18.3. The number of pyridine rings is 1. The molecule has 1 aliphatic rings. The van der Waals surface area contributed by atoms with Crippen LogP contribution in [-0.2, 0) is 13.2 Å². The third-order valence-electron chi connectivity index (χ3n) is 5.46. The van der Waals surface area contributed by atoms with Gasteiger partial charge in [-0.2, -0.15) is 0 Å². The Morgan fingerprint density at radius 3 is 2.55 bits per heavy atom. The summed E-state index contributed by atoms with van der Waals surface area (Å²) in [5.41, 5.74) is 3.78. The van der Waals surface area contributed by atoms with Gasteiger partial charge in [0.2, 0.25) is 0 Å². The van der Waals surface area contributed by atoms with Gasteiger partial charge in [0.15, 0.2) is 11.6 Å². The Kier molecular flexibility index (Phi) is 6.29. The molecule has 3 heterocycles. The lowest BCUT2D eigenvalue weighted by Crippen LogP contribution is -2.46. The smallest absolute Gasteiger partial charge is 0.172 e. The zero-order chi connectivity index (χ0) is 22.0. The van der Waals surface area contributed by atoms with Crippen molar-refractivity contribution in [2.24, 2.45) is 0 Å². The second kappa shape index (κ2) is 9.11. The molecule has 0 amide bonds. The van der Waals surface area contributed by atoms with E-state index in [1.165, 1.54) is 6.07 Å². The molecule has 0 spiro atoms. The van der Waals surface area contributed by atoms with Gasteiger partial charge >= 0.3 is 0 Å². The van der Waals surface area contributed by atoms with E-state index in [4.69, 9.17) is 15.1 Å². The van der Waals surface area contributed by atoms with Crippen molar-refractivity contribution in [3.63, 3.8) is 0 Å². The van der Waals surface area contributed by atoms with E-state index in [0.29, 0.717) is 17.7 Å². The molecular weight excluding hydrogens is 395 g/mol. The number of aliphatic hydroxyl groups excluding tert-OH is 1. The summed E-state index contributed by atoms with van der Waals surface area (Å²) in [6.45, 7) is 9.69. The van der Waals surface area contributed by atoms with Crippen LogP contribution in [0.25, 0.3) is 11.0 Å². The third-order valence-corrected chi connectivity index (χ3v) is 5.46. The number of nitrogens with one attached hydrogen (secondary N) is 1. The minimum absolute atomic E-state index is 0.148. The molecular formula is C23H29FN6O. The summed E-state index contributed by atoms with van der Waals surface area (Å²) in [5, 5.41) is 12.6. The maximum atomic E-state index is 14.3. The Balaban J connectivity index is 1.51. The number of hydrogen-bond acceptors (Lipinski definition) is 7. The number of halogens is 1. The number of aromatic nitrogens is 3. The average molecular weight is 425 g/mol. The molecule has 1 fully saturated rings. The molecule has 8 heteroatoms. The number of benzene rings is 1. The van der Waals surface area contributed by atoms with Crippen molar-refractivity contribution < 1.29 is 9.50 Å². The van der Waals surface area contributed by atoms with Crippen LogP contribution in [-0.4, -0.2) is 57.2 Å². The van der Waals surface area contributed by atoms with Crippen LogP contribution < -0.4 is 10.2 Å². The quantitative estimate of drug-likeness (QED) is 0.630. The summed E-state index contributed by atoms with van der Waals surface area (Å²) in [5.74, 6) is 1.36. The topological polar surface area (TPSA) is 77.4 Å². The fourth-order valence-corrected chi connectivity index (χ4v) is 3.82. The van der Waals surface area contributed by atoms with Gasteiger partial charge in [0.1, 0.15) is 11.3 Å². The molecule has 2 aromatic heterocycles. The highest BCUT2D eigenvalue weighted by Crippen LogP contribution is 2.27. The van der Waals surface area contributed by atoms with E-state index in [0.717, 1.165) is 54.5 Å². The first kappa shape index (κ1) is 21.4. The number of nitrogens with zero attached hydrogens (tertiary/aromatic N) is 5. The predicted molar refractivity (Wildman–Crippen MR) is 121 cm³/mol. The molecule has 3 aromatic rings. The van der Waals surface area contributed by atoms with Crippen molar-refractivity contribution in [2.45, 2.75) is 40.0 Å². The number of hydrogen-bond donors (Lipinski definition) is 2. The predicted octanol–water partition coefficient (Wildman–Crippen LogP) is 3.11. The highest BCUT2D eigenvalue weighted by atomic mass is 19.1. The number of piperazine rings is 1. The van der Waals surface area contributed by atoms with Crippen LogP contribution in [0.5, 0.6) is 0 Å². The molecule has 4 rings (SSSR count). The number of fused-ring (bicyclic) bond motifs is 1. The fraction of sp³-hybridized carbons (Fsp3) is 0.435. The third kappa shape index (κ3) is 4.91. The highest BCUT2D eigenvalue weighted by molar-refractivity contribution is 5.80. The molecule has 7 nitrogen and oxygen atoms in total. The first-order chi connectivity index (χ1) is 14.9. The minimum Gasteiger partial charge on any atom is -0.392 e. The lowest BCUT2D eigenvalue weighted by molar-refractivity contribution is 0.246. The highest BCUT2D eigenvalue weighted by Gasteiger charge is 2.23. The van der Waals surface area contributed by atoms with Gasteiger partial charge in [-0.05, 0) is 38.5 Å². The van der Waals surface area contributed by atoms with Crippen LogP contribution in [0.15, 0.2) is 30.5 Å². The van der Waals surface area contributed by atoms with Gasteiger partial charge in [0, 0.05) is 50.0 Å². The second-order valence-electron chi connectivity index (χ2n) is 8.36. The molecule has 1 saturated heterocycles. The molecule has 164 valence electrons. The summed E-state index contributed by atoms with van der Waals surface area (Å²) in [4.78, 5) is 18.5. The van der Waals surface area contributed by atoms with E-state index < -0.39 is 0 Å². The van der Waals surface area contributed by atoms with E-state index in [1.54, 1.807) is 18.3 Å². The van der Waals surface area contributed by atoms with Gasteiger partial charge in [-0.15, -0.1) is 0 Å².